The minimum atomic E-state index is -0.374. The summed E-state index contributed by atoms with van der Waals surface area (Å²) in [5.41, 5.74) is 2.51. The standard InChI is InChI=1S/C24H23NO3/c1-17-22(18-11-5-3-6-12-18)28-23(25(17)2)20-15-9-10-16-21(20)27-24(26)19-13-7-4-8-14-19/h3-17,22-23H,1-2H3/t17-,22-,23+/m1/s1. The van der Waals surface area contributed by atoms with Gasteiger partial charge in [-0.05, 0) is 37.7 Å². The van der Waals surface area contributed by atoms with Crippen LogP contribution < -0.4 is 4.74 Å². The van der Waals surface area contributed by atoms with E-state index in [9.17, 15) is 4.79 Å². The van der Waals surface area contributed by atoms with Crippen molar-refractivity contribution in [2.24, 2.45) is 0 Å². The number of para-hydroxylation sites is 1. The van der Waals surface area contributed by atoms with Gasteiger partial charge in [-0.2, -0.15) is 0 Å². The van der Waals surface area contributed by atoms with Gasteiger partial charge in [0, 0.05) is 11.6 Å². The van der Waals surface area contributed by atoms with E-state index < -0.39 is 0 Å². The second kappa shape index (κ2) is 7.97. The Labute approximate surface area is 165 Å². The van der Waals surface area contributed by atoms with Crippen molar-refractivity contribution in [3.63, 3.8) is 0 Å². The zero-order chi connectivity index (χ0) is 19.5. The fourth-order valence-electron chi connectivity index (χ4n) is 3.58. The maximum absolute atomic E-state index is 12.5. The molecule has 28 heavy (non-hydrogen) atoms. The summed E-state index contributed by atoms with van der Waals surface area (Å²) in [6, 6.07) is 27.0. The third-order valence-electron chi connectivity index (χ3n) is 5.25. The molecule has 0 unspecified atom stereocenters. The molecule has 0 bridgehead atoms. The van der Waals surface area contributed by atoms with Crippen LogP contribution >= 0.6 is 0 Å². The first kappa shape index (κ1) is 18.4. The van der Waals surface area contributed by atoms with E-state index in [0.717, 1.165) is 11.1 Å². The van der Waals surface area contributed by atoms with Crippen LogP contribution in [0.25, 0.3) is 0 Å². The van der Waals surface area contributed by atoms with Gasteiger partial charge in [-0.15, -0.1) is 0 Å². The maximum Gasteiger partial charge on any atom is 0.343 e. The number of esters is 1. The number of carbonyl (C=O) groups excluding carboxylic acids is 1. The Morgan fingerprint density at radius 3 is 2.21 bits per heavy atom. The number of carbonyl (C=O) groups is 1. The highest BCUT2D eigenvalue weighted by Crippen LogP contribution is 2.43. The van der Waals surface area contributed by atoms with Crippen LogP contribution in [0.2, 0.25) is 0 Å². The highest BCUT2D eigenvalue weighted by atomic mass is 16.5. The highest BCUT2D eigenvalue weighted by molar-refractivity contribution is 5.91. The van der Waals surface area contributed by atoms with Crippen LogP contribution in [-0.2, 0) is 4.74 Å². The van der Waals surface area contributed by atoms with Gasteiger partial charge in [0.2, 0.25) is 0 Å². The summed E-state index contributed by atoms with van der Waals surface area (Å²) in [5, 5.41) is 0. The molecule has 142 valence electrons. The molecule has 3 aromatic carbocycles. The van der Waals surface area contributed by atoms with E-state index in [1.54, 1.807) is 12.1 Å². The van der Waals surface area contributed by atoms with Gasteiger partial charge in [-0.1, -0.05) is 66.7 Å². The molecular formula is C24H23NO3. The molecule has 1 fully saturated rings. The van der Waals surface area contributed by atoms with Crippen LogP contribution in [0.1, 0.15) is 40.7 Å². The van der Waals surface area contributed by atoms with E-state index in [-0.39, 0.29) is 24.3 Å². The van der Waals surface area contributed by atoms with Gasteiger partial charge in [0.1, 0.15) is 18.1 Å². The molecule has 4 nitrogen and oxygen atoms in total. The number of hydrogen-bond acceptors (Lipinski definition) is 4. The summed E-state index contributed by atoms with van der Waals surface area (Å²) in [4.78, 5) is 14.7. The molecule has 0 N–H and O–H groups in total. The molecule has 3 atom stereocenters. The lowest BCUT2D eigenvalue weighted by Gasteiger charge is -2.23. The van der Waals surface area contributed by atoms with E-state index in [2.05, 4.69) is 24.0 Å². The topological polar surface area (TPSA) is 38.8 Å². The minimum Gasteiger partial charge on any atom is -0.422 e. The Morgan fingerprint density at radius 1 is 0.893 bits per heavy atom. The average molecular weight is 373 g/mol. The monoisotopic (exact) mass is 373 g/mol. The minimum absolute atomic E-state index is 0.0471. The lowest BCUT2D eigenvalue weighted by molar-refractivity contribution is 0.00396. The van der Waals surface area contributed by atoms with Crippen molar-refractivity contribution in [1.82, 2.24) is 4.90 Å². The molecule has 1 saturated heterocycles. The molecule has 4 heteroatoms. The summed E-state index contributed by atoms with van der Waals surface area (Å²) in [6.45, 7) is 2.15. The number of rotatable bonds is 4. The summed E-state index contributed by atoms with van der Waals surface area (Å²) < 4.78 is 12.1. The van der Waals surface area contributed by atoms with Crippen molar-refractivity contribution in [3.8, 4) is 5.75 Å². The molecule has 0 radical (unpaired) electrons. The second-order valence-electron chi connectivity index (χ2n) is 7.02. The van der Waals surface area contributed by atoms with Gasteiger partial charge >= 0.3 is 5.97 Å². The summed E-state index contributed by atoms with van der Waals surface area (Å²) in [5.74, 6) is 0.149. The van der Waals surface area contributed by atoms with Crippen molar-refractivity contribution in [2.75, 3.05) is 7.05 Å². The number of benzene rings is 3. The largest absolute Gasteiger partial charge is 0.422 e. The third kappa shape index (κ3) is 3.57. The summed E-state index contributed by atoms with van der Waals surface area (Å²) >= 11 is 0. The molecule has 1 heterocycles. The molecule has 0 amide bonds. The van der Waals surface area contributed by atoms with Gasteiger partial charge in [0.25, 0.3) is 0 Å². The lowest BCUT2D eigenvalue weighted by Crippen LogP contribution is -2.27. The van der Waals surface area contributed by atoms with Crippen molar-refractivity contribution in [2.45, 2.75) is 25.3 Å². The molecule has 1 aliphatic heterocycles. The Hall–Kier alpha value is -2.95. The fraction of sp³-hybridized carbons (Fsp3) is 0.208. The van der Waals surface area contributed by atoms with Gasteiger partial charge in [-0.25, -0.2) is 4.79 Å². The highest BCUT2D eigenvalue weighted by Gasteiger charge is 2.40. The first-order valence-corrected chi connectivity index (χ1v) is 9.43. The van der Waals surface area contributed by atoms with E-state index in [0.29, 0.717) is 11.3 Å². The van der Waals surface area contributed by atoms with Gasteiger partial charge in [0.05, 0.1) is 5.56 Å². The first-order chi connectivity index (χ1) is 13.6. The second-order valence-corrected chi connectivity index (χ2v) is 7.02. The lowest BCUT2D eigenvalue weighted by atomic mass is 10.0. The Kier molecular flexibility index (Phi) is 5.24. The quantitative estimate of drug-likeness (QED) is 0.477. The summed E-state index contributed by atoms with van der Waals surface area (Å²) in [7, 11) is 2.04. The number of ether oxygens (including phenoxy) is 2. The number of nitrogens with zero attached hydrogens (tertiary/aromatic N) is 1. The zero-order valence-corrected chi connectivity index (χ0v) is 16.0. The normalized spacial score (nSPS) is 22.1. The van der Waals surface area contributed by atoms with Gasteiger partial charge in [0.15, 0.2) is 0 Å². The Balaban J connectivity index is 1.60. The van der Waals surface area contributed by atoms with Gasteiger partial charge in [-0.3, -0.25) is 4.90 Å². The van der Waals surface area contributed by atoms with Crippen molar-refractivity contribution in [1.29, 1.82) is 0 Å². The average Bonchev–Trinajstić information content (AvgIpc) is 3.04. The SMILES string of the molecule is C[C@@H]1[C@H](c2ccccc2)O[C@@H](c2ccccc2OC(=O)c2ccccc2)N1C. The molecule has 0 spiro atoms. The molecule has 3 aromatic rings. The van der Waals surface area contributed by atoms with Crippen molar-refractivity contribution < 1.29 is 14.3 Å². The van der Waals surface area contributed by atoms with E-state index in [4.69, 9.17) is 9.47 Å². The molecule has 0 aliphatic carbocycles. The van der Waals surface area contributed by atoms with Crippen LogP contribution in [0.4, 0.5) is 0 Å². The maximum atomic E-state index is 12.5. The molecular weight excluding hydrogens is 350 g/mol. The van der Waals surface area contributed by atoms with Crippen molar-refractivity contribution >= 4 is 5.97 Å². The molecule has 0 saturated carbocycles. The summed E-state index contributed by atoms with van der Waals surface area (Å²) in [6.07, 6.45) is -0.339. The zero-order valence-electron chi connectivity index (χ0n) is 16.0. The third-order valence-corrected chi connectivity index (χ3v) is 5.25. The van der Waals surface area contributed by atoms with Crippen LogP contribution in [0.15, 0.2) is 84.9 Å². The molecule has 4 rings (SSSR count). The van der Waals surface area contributed by atoms with Crippen LogP contribution in [-0.4, -0.2) is 24.0 Å². The first-order valence-electron chi connectivity index (χ1n) is 9.43. The van der Waals surface area contributed by atoms with Crippen LogP contribution in [0, 0.1) is 0 Å². The van der Waals surface area contributed by atoms with E-state index >= 15 is 0 Å². The Bertz CT molecular complexity index is 942. The fourth-order valence-corrected chi connectivity index (χ4v) is 3.58. The Morgan fingerprint density at radius 2 is 1.50 bits per heavy atom. The van der Waals surface area contributed by atoms with Crippen LogP contribution in [0.3, 0.4) is 0 Å². The van der Waals surface area contributed by atoms with Crippen molar-refractivity contribution in [3.05, 3.63) is 102 Å². The number of likely N-dealkylation sites (N-methyl/N-ethyl adjacent to an activating group) is 1. The van der Waals surface area contributed by atoms with E-state index in [1.165, 1.54) is 0 Å². The predicted octanol–water partition coefficient (Wildman–Crippen LogP) is 5.00. The number of hydrogen-bond donors (Lipinski definition) is 0. The predicted molar refractivity (Wildman–Crippen MR) is 108 cm³/mol. The van der Waals surface area contributed by atoms with Gasteiger partial charge < -0.3 is 9.47 Å². The molecule has 1 aliphatic rings. The smallest absolute Gasteiger partial charge is 0.343 e. The molecule has 0 aromatic heterocycles. The van der Waals surface area contributed by atoms with Crippen LogP contribution in [0.5, 0.6) is 5.75 Å². The van der Waals surface area contributed by atoms with E-state index in [1.807, 2.05) is 67.7 Å².